The van der Waals surface area contributed by atoms with E-state index in [1.807, 2.05) is 0 Å². The SMILES string of the molecule is O=C1C[C@H]2C(CC(OP)C2OCC(CCc2cccc(C(F)(F)F)c2)OP)O1. The highest BCUT2D eigenvalue weighted by molar-refractivity contribution is 7.10. The summed E-state index contributed by atoms with van der Waals surface area (Å²) in [5.74, 6) is -0.277. The van der Waals surface area contributed by atoms with Crippen LogP contribution in [0.4, 0.5) is 13.2 Å². The molecule has 1 aliphatic carbocycles. The Bertz CT molecular complexity index is 687. The second kappa shape index (κ2) is 9.36. The standard InChI is InChI=1S/C18H23F3O5P2/c19-18(20,21)11-3-1-2-10(6-11)4-5-12(25-27)9-23-17-13-7-16(22)24-14(13)8-15(17)26-28/h1-3,6,12-15,17H,4-5,7-9,27-28H2/t12?,13-,14?,15?,17?/m0/s1. The first-order chi connectivity index (χ1) is 13.3. The number of carbonyl (C=O) groups is 1. The van der Waals surface area contributed by atoms with Crippen molar-refractivity contribution < 1.29 is 36.5 Å². The van der Waals surface area contributed by atoms with E-state index in [0.717, 1.165) is 12.1 Å². The largest absolute Gasteiger partial charge is 0.462 e. The molecule has 1 aromatic rings. The fourth-order valence-electron chi connectivity index (χ4n) is 3.82. The smallest absolute Gasteiger partial charge is 0.416 e. The third-order valence-corrected chi connectivity index (χ3v) is 6.00. The van der Waals surface area contributed by atoms with Crippen molar-refractivity contribution in [3.63, 3.8) is 0 Å². The minimum Gasteiger partial charge on any atom is -0.462 e. The molecule has 0 N–H and O–H groups in total. The molecule has 0 radical (unpaired) electrons. The average molecular weight is 438 g/mol. The van der Waals surface area contributed by atoms with E-state index in [1.54, 1.807) is 6.07 Å². The lowest BCUT2D eigenvalue weighted by Crippen LogP contribution is -2.33. The molecule has 0 spiro atoms. The molecule has 28 heavy (non-hydrogen) atoms. The number of hydrogen-bond acceptors (Lipinski definition) is 5. The second-order valence-corrected chi connectivity index (χ2v) is 7.64. The molecular weight excluding hydrogens is 415 g/mol. The molecule has 0 bridgehead atoms. The number of ether oxygens (including phenoxy) is 2. The van der Waals surface area contributed by atoms with E-state index in [0.29, 0.717) is 31.2 Å². The summed E-state index contributed by atoms with van der Waals surface area (Å²) in [5, 5.41) is 0. The molecule has 1 saturated heterocycles. The van der Waals surface area contributed by atoms with Crippen LogP contribution in [0.2, 0.25) is 0 Å². The van der Waals surface area contributed by atoms with Crippen LogP contribution in [0.3, 0.4) is 0 Å². The number of rotatable bonds is 8. The summed E-state index contributed by atoms with van der Waals surface area (Å²) < 4.78 is 60.5. The van der Waals surface area contributed by atoms with Crippen molar-refractivity contribution in [1.82, 2.24) is 0 Å². The van der Waals surface area contributed by atoms with Crippen LogP contribution in [0.25, 0.3) is 0 Å². The Morgan fingerprint density at radius 3 is 2.75 bits per heavy atom. The lowest BCUT2D eigenvalue weighted by Gasteiger charge is -2.25. The molecule has 3 rings (SSSR count). The normalized spacial score (nSPS) is 28.2. The monoisotopic (exact) mass is 438 g/mol. The third kappa shape index (κ3) is 5.22. The van der Waals surface area contributed by atoms with Crippen molar-refractivity contribution in [3.05, 3.63) is 35.4 Å². The van der Waals surface area contributed by atoms with Gasteiger partial charge in [0.05, 0.1) is 36.9 Å². The predicted octanol–water partition coefficient (Wildman–Crippen LogP) is 3.71. The zero-order valence-electron chi connectivity index (χ0n) is 15.1. The topological polar surface area (TPSA) is 54.0 Å². The summed E-state index contributed by atoms with van der Waals surface area (Å²) in [5.41, 5.74) is -0.0725. The quantitative estimate of drug-likeness (QED) is 0.458. The molecule has 1 aliphatic heterocycles. The number of esters is 1. The van der Waals surface area contributed by atoms with E-state index < -0.39 is 11.7 Å². The first kappa shape index (κ1) is 21.9. The Morgan fingerprint density at radius 2 is 2.07 bits per heavy atom. The van der Waals surface area contributed by atoms with Crippen LogP contribution in [0, 0.1) is 5.92 Å². The van der Waals surface area contributed by atoms with E-state index in [4.69, 9.17) is 18.5 Å². The minimum atomic E-state index is -4.36. The van der Waals surface area contributed by atoms with Gasteiger partial charge in [0, 0.05) is 31.3 Å². The molecule has 156 valence electrons. The van der Waals surface area contributed by atoms with E-state index in [-0.39, 0.29) is 42.9 Å². The van der Waals surface area contributed by atoms with Crippen molar-refractivity contribution in [2.45, 2.75) is 56.3 Å². The Labute approximate surface area is 166 Å². The van der Waals surface area contributed by atoms with Crippen LogP contribution in [0.1, 0.15) is 30.4 Å². The number of aryl methyl sites for hydroxylation is 1. The van der Waals surface area contributed by atoms with E-state index >= 15 is 0 Å². The number of halogens is 3. The Hall–Kier alpha value is -0.780. The van der Waals surface area contributed by atoms with Gasteiger partial charge in [-0.3, -0.25) is 4.79 Å². The molecule has 1 heterocycles. The molecule has 7 atom stereocenters. The van der Waals surface area contributed by atoms with Gasteiger partial charge >= 0.3 is 12.1 Å². The predicted molar refractivity (Wildman–Crippen MR) is 101 cm³/mol. The van der Waals surface area contributed by atoms with Crippen LogP contribution < -0.4 is 0 Å². The van der Waals surface area contributed by atoms with Crippen molar-refractivity contribution >= 4 is 24.9 Å². The highest BCUT2D eigenvalue weighted by Gasteiger charge is 2.51. The van der Waals surface area contributed by atoms with Crippen LogP contribution in [0.5, 0.6) is 0 Å². The van der Waals surface area contributed by atoms with Crippen LogP contribution in [-0.4, -0.2) is 37.0 Å². The first-order valence-corrected chi connectivity index (χ1v) is 9.94. The first-order valence-electron chi connectivity index (χ1n) is 9.00. The Balaban J connectivity index is 1.54. The highest BCUT2D eigenvalue weighted by Crippen LogP contribution is 2.41. The molecule has 10 heteroatoms. The van der Waals surface area contributed by atoms with E-state index in [9.17, 15) is 18.0 Å². The van der Waals surface area contributed by atoms with Gasteiger partial charge in [0.15, 0.2) is 0 Å². The molecule has 0 amide bonds. The van der Waals surface area contributed by atoms with Gasteiger partial charge in [0.2, 0.25) is 0 Å². The van der Waals surface area contributed by atoms with Crippen molar-refractivity contribution in [1.29, 1.82) is 0 Å². The maximum absolute atomic E-state index is 12.8. The van der Waals surface area contributed by atoms with E-state index in [1.165, 1.54) is 6.07 Å². The maximum atomic E-state index is 12.8. The maximum Gasteiger partial charge on any atom is 0.416 e. The Morgan fingerprint density at radius 1 is 1.29 bits per heavy atom. The fraction of sp³-hybridized carbons (Fsp3) is 0.611. The lowest BCUT2D eigenvalue weighted by molar-refractivity contribution is -0.142. The molecular formula is C18H23F3O5P2. The molecule has 1 saturated carbocycles. The summed E-state index contributed by atoms with van der Waals surface area (Å²) in [7, 11) is 4.40. The summed E-state index contributed by atoms with van der Waals surface area (Å²) in [4.78, 5) is 11.5. The molecule has 5 nitrogen and oxygen atoms in total. The second-order valence-electron chi connectivity index (χ2n) is 7.10. The molecule has 2 aliphatic rings. The molecule has 2 fully saturated rings. The van der Waals surface area contributed by atoms with Gasteiger partial charge in [-0.2, -0.15) is 13.2 Å². The van der Waals surface area contributed by atoms with Crippen LogP contribution in [0.15, 0.2) is 24.3 Å². The molecule has 0 aromatic heterocycles. The van der Waals surface area contributed by atoms with Gasteiger partial charge in [0.1, 0.15) is 6.10 Å². The average Bonchev–Trinajstić information content (AvgIpc) is 3.17. The Kier molecular flexibility index (Phi) is 7.32. The van der Waals surface area contributed by atoms with Crippen LogP contribution in [-0.2, 0) is 35.9 Å². The molecule has 6 unspecified atom stereocenters. The zero-order valence-corrected chi connectivity index (χ0v) is 17.4. The number of alkyl halides is 3. The van der Waals surface area contributed by atoms with Gasteiger partial charge in [-0.25, -0.2) is 0 Å². The number of carbonyl (C=O) groups excluding carboxylic acids is 1. The molecule has 1 aromatic carbocycles. The van der Waals surface area contributed by atoms with Gasteiger partial charge in [-0.15, -0.1) is 0 Å². The van der Waals surface area contributed by atoms with Gasteiger partial charge in [-0.1, -0.05) is 18.2 Å². The zero-order chi connectivity index (χ0) is 20.3. The van der Waals surface area contributed by atoms with E-state index in [2.05, 4.69) is 18.9 Å². The van der Waals surface area contributed by atoms with Crippen molar-refractivity contribution in [2.75, 3.05) is 6.61 Å². The number of fused-ring (bicyclic) bond motifs is 1. The number of hydrogen-bond donors (Lipinski definition) is 0. The van der Waals surface area contributed by atoms with Crippen LogP contribution >= 0.6 is 18.9 Å². The fourth-order valence-corrected chi connectivity index (χ4v) is 4.30. The summed E-state index contributed by atoms with van der Waals surface area (Å²) in [6.45, 7) is 0.245. The summed E-state index contributed by atoms with van der Waals surface area (Å²) >= 11 is 0. The van der Waals surface area contributed by atoms with Gasteiger partial charge in [0.25, 0.3) is 0 Å². The van der Waals surface area contributed by atoms with Crippen molar-refractivity contribution in [2.24, 2.45) is 5.92 Å². The van der Waals surface area contributed by atoms with Gasteiger partial charge in [-0.05, 0) is 24.5 Å². The summed E-state index contributed by atoms with van der Waals surface area (Å²) in [6, 6.07) is 5.28. The lowest BCUT2D eigenvalue weighted by atomic mass is 10.0. The highest BCUT2D eigenvalue weighted by atomic mass is 31.0. The van der Waals surface area contributed by atoms with Gasteiger partial charge < -0.3 is 18.5 Å². The van der Waals surface area contributed by atoms with Crippen molar-refractivity contribution in [3.8, 4) is 0 Å². The summed E-state index contributed by atoms with van der Waals surface area (Å²) in [6.07, 6.45) is -3.54. The minimum absolute atomic E-state index is 0.0494. The third-order valence-electron chi connectivity index (χ3n) is 5.27. The number of benzene rings is 1.